The van der Waals surface area contributed by atoms with E-state index in [-0.39, 0.29) is 6.10 Å². The Morgan fingerprint density at radius 1 is 1.07 bits per heavy atom. The summed E-state index contributed by atoms with van der Waals surface area (Å²) in [7, 11) is -3.62. The second-order valence-corrected chi connectivity index (χ2v) is 8.97. The molecule has 0 aromatic heterocycles. The van der Waals surface area contributed by atoms with Crippen LogP contribution in [0.1, 0.15) is 32.6 Å². The number of nitrogens with one attached hydrogen (secondary N) is 1. The fourth-order valence-corrected chi connectivity index (χ4v) is 4.62. The van der Waals surface area contributed by atoms with Crippen LogP contribution in [-0.4, -0.2) is 32.7 Å². The molecule has 0 radical (unpaired) electrons. The van der Waals surface area contributed by atoms with E-state index in [0.29, 0.717) is 11.4 Å². The van der Waals surface area contributed by atoms with Gasteiger partial charge in [-0.15, -0.1) is 0 Å². The lowest BCUT2D eigenvalue weighted by atomic mass is 10.2. The van der Waals surface area contributed by atoms with Gasteiger partial charge in [0.05, 0.1) is 18.0 Å². The van der Waals surface area contributed by atoms with Crippen molar-refractivity contribution in [3.8, 4) is 5.75 Å². The van der Waals surface area contributed by atoms with E-state index in [1.807, 2.05) is 12.1 Å². The average Bonchev–Trinajstić information content (AvgIpc) is 3.16. The predicted molar refractivity (Wildman–Crippen MR) is 111 cm³/mol. The van der Waals surface area contributed by atoms with E-state index in [0.717, 1.165) is 29.2 Å². The average molecular weight is 403 g/mol. The molecule has 1 amide bonds. The van der Waals surface area contributed by atoms with Crippen LogP contribution in [0.25, 0.3) is 0 Å². The lowest BCUT2D eigenvalue weighted by Crippen LogP contribution is -2.45. The van der Waals surface area contributed by atoms with Crippen LogP contribution in [0.15, 0.2) is 54.6 Å². The Bertz CT molecular complexity index is 892. The minimum Gasteiger partial charge on any atom is -0.490 e. The minimum atomic E-state index is -3.62. The highest BCUT2D eigenvalue weighted by atomic mass is 32.2. The summed E-state index contributed by atoms with van der Waals surface area (Å²) >= 11 is 0. The summed E-state index contributed by atoms with van der Waals surface area (Å²) < 4.78 is 31.6. The Labute approximate surface area is 166 Å². The van der Waals surface area contributed by atoms with Crippen molar-refractivity contribution in [2.75, 3.05) is 15.9 Å². The van der Waals surface area contributed by atoms with Crippen molar-refractivity contribution in [2.45, 2.75) is 44.8 Å². The largest absolute Gasteiger partial charge is 0.490 e. The molecule has 28 heavy (non-hydrogen) atoms. The van der Waals surface area contributed by atoms with Gasteiger partial charge in [-0.05, 0) is 69.0 Å². The fourth-order valence-electron chi connectivity index (χ4n) is 3.45. The molecular formula is C21H26N2O4S. The van der Waals surface area contributed by atoms with Crippen molar-refractivity contribution in [1.29, 1.82) is 0 Å². The van der Waals surface area contributed by atoms with Gasteiger partial charge in [-0.2, -0.15) is 0 Å². The molecular weight excluding hydrogens is 376 g/mol. The molecule has 2 aromatic rings. The number of rotatable bonds is 7. The van der Waals surface area contributed by atoms with Gasteiger partial charge in [0.25, 0.3) is 0 Å². The molecule has 1 aliphatic rings. The number of sulfonamides is 1. The molecule has 1 N–H and O–H groups in total. The van der Waals surface area contributed by atoms with Gasteiger partial charge < -0.3 is 10.1 Å². The molecule has 0 spiro atoms. The zero-order valence-electron chi connectivity index (χ0n) is 16.2. The van der Waals surface area contributed by atoms with Crippen LogP contribution in [0.4, 0.5) is 11.4 Å². The maximum absolute atomic E-state index is 12.7. The number of carbonyl (C=O) groups excluding carboxylic acids is 1. The van der Waals surface area contributed by atoms with Crippen LogP contribution in [0.5, 0.6) is 5.75 Å². The number of anilines is 2. The Morgan fingerprint density at radius 3 is 2.25 bits per heavy atom. The summed E-state index contributed by atoms with van der Waals surface area (Å²) in [6, 6.07) is 14.9. The molecule has 6 nitrogen and oxygen atoms in total. The monoisotopic (exact) mass is 402 g/mol. The molecule has 1 saturated carbocycles. The van der Waals surface area contributed by atoms with E-state index in [2.05, 4.69) is 5.32 Å². The molecule has 7 heteroatoms. The SMILES string of the molecule is C[C@H](C(=O)Nc1ccc(OC2CCCC2)cc1)N(c1ccccc1)S(C)(=O)=O. The Hall–Kier alpha value is -2.54. The molecule has 0 aliphatic heterocycles. The molecule has 150 valence electrons. The molecule has 1 aliphatic carbocycles. The summed E-state index contributed by atoms with van der Waals surface area (Å²) in [5, 5.41) is 2.78. The molecule has 1 atom stereocenters. The third-order valence-corrected chi connectivity index (χ3v) is 6.07. The summed E-state index contributed by atoms with van der Waals surface area (Å²) in [5.41, 5.74) is 1.05. The highest BCUT2D eigenvalue weighted by Crippen LogP contribution is 2.25. The van der Waals surface area contributed by atoms with Gasteiger partial charge in [-0.1, -0.05) is 18.2 Å². The van der Waals surface area contributed by atoms with Crippen LogP contribution >= 0.6 is 0 Å². The molecule has 0 unspecified atom stereocenters. The zero-order valence-corrected chi connectivity index (χ0v) is 17.0. The summed E-state index contributed by atoms with van der Waals surface area (Å²) in [5.74, 6) is 0.374. The van der Waals surface area contributed by atoms with Gasteiger partial charge in [-0.3, -0.25) is 9.10 Å². The quantitative estimate of drug-likeness (QED) is 0.764. The molecule has 0 saturated heterocycles. The van der Waals surface area contributed by atoms with Crippen molar-refractivity contribution >= 4 is 27.3 Å². The van der Waals surface area contributed by atoms with E-state index in [1.54, 1.807) is 49.4 Å². The number of para-hydroxylation sites is 1. The number of carbonyl (C=O) groups is 1. The fraction of sp³-hybridized carbons (Fsp3) is 0.381. The first kappa shape index (κ1) is 20.2. The lowest BCUT2D eigenvalue weighted by Gasteiger charge is -2.28. The van der Waals surface area contributed by atoms with Gasteiger partial charge in [0.1, 0.15) is 11.8 Å². The van der Waals surface area contributed by atoms with E-state index in [4.69, 9.17) is 4.74 Å². The first-order valence-corrected chi connectivity index (χ1v) is 11.3. The number of hydrogen-bond acceptors (Lipinski definition) is 4. The van der Waals surface area contributed by atoms with Gasteiger partial charge >= 0.3 is 0 Å². The van der Waals surface area contributed by atoms with E-state index >= 15 is 0 Å². The lowest BCUT2D eigenvalue weighted by molar-refractivity contribution is -0.116. The smallest absolute Gasteiger partial charge is 0.247 e. The molecule has 0 heterocycles. The van der Waals surface area contributed by atoms with Crippen molar-refractivity contribution in [2.24, 2.45) is 0 Å². The Balaban J connectivity index is 1.68. The van der Waals surface area contributed by atoms with Crippen molar-refractivity contribution in [3.05, 3.63) is 54.6 Å². The van der Waals surface area contributed by atoms with Gasteiger partial charge in [0, 0.05) is 5.69 Å². The van der Waals surface area contributed by atoms with Gasteiger partial charge in [0.2, 0.25) is 15.9 Å². The van der Waals surface area contributed by atoms with Crippen LogP contribution < -0.4 is 14.4 Å². The second kappa shape index (κ2) is 8.65. The van der Waals surface area contributed by atoms with Crippen molar-refractivity contribution in [3.63, 3.8) is 0 Å². The second-order valence-electron chi connectivity index (χ2n) is 7.11. The predicted octanol–water partition coefficient (Wildman–Crippen LogP) is 3.80. The third-order valence-electron chi connectivity index (χ3n) is 4.83. The van der Waals surface area contributed by atoms with Crippen molar-refractivity contribution in [1.82, 2.24) is 0 Å². The molecule has 3 rings (SSSR count). The van der Waals surface area contributed by atoms with Gasteiger partial charge in [-0.25, -0.2) is 8.42 Å². The normalized spacial score (nSPS) is 15.8. The third kappa shape index (κ3) is 5.04. The summed E-state index contributed by atoms with van der Waals surface area (Å²) in [6.07, 6.45) is 5.94. The maximum atomic E-state index is 12.7. The maximum Gasteiger partial charge on any atom is 0.247 e. The standard InChI is InChI=1S/C21H26N2O4S/c1-16(23(28(2,25)26)18-8-4-3-5-9-18)21(24)22-17-12-14-20(15-13-17)27-19-10-6-7-11-19/h3-5,8-9,12-16,19H,6-7,10-11H2,1-2H3,(H,22,24)/t16-/m1/s1. The van der Waals surface area contributed by atoms with Crippen LogP contribution in [0.3, 0.4) is 0 Å². The molecule has 0 bridgehead atoms. The number of hydrogen-bond donors (Lipinski definition) is 1. The zero-order chi connectivity index (χ0) is 20.1. The summed E-state index contributed by atoms with van der Waals surface area (Å²) in [6.45, 7) is 1.57. The topological polar surface area (TPSA) is 75.7 Å². The number of benzene rings is 2. The molecule has 1 fully saturated rings. The van der Waals surface area contributed by atoms with Crippen molar-refractivity contribution < 1.29 is 17.9 Å². The Morgan fingerprint density at radius 2 is 1.68 bits per heavy atom. The van der Waals surface area contributed by atoms with E-state index < -0.39 is 22.0 Å². The number of nitrogens with zero attached hydrogens (tertiary/aromatic N) is 1. The van der Waals surface area contributed by atoms with Crippen LogP contribution in [-0.2, 0) is 14.8 Å². The number of ether oxygens (including phenoxy) is 1. The molecule has 2 aromatic carbocycles. The van der Waals surface area contributed by atoms with Crippen LogP contribution in [0, 0.1) is 0 Å². The minimum absolute atomic E-state index is 0.273. The highest BCUT2D eigenvalue weighted by molar-refractivity contribution is 7.92. The number of amides is 1. The van der Waals surface area contributed by atoms with Gasteiger partial charge in [0.15, 0.2) is 0 Å². The first-order valence-electron chi connectivity index (χ1n) is 9.46. The first-order chi connectivity index (χ1) is 13.3. The van der Waals surface area contributed by atoms with Crippen LogP contribution in [0.2, 0.25) is 0 Å². The Kier molecular flexibility index (Phi) is 6.24. The van der Waals surface area contributed by atoms with E-state index in [1.165, 1.54) is 12.8 Å². The summed E-state index contributed by atoms with van der Waals surface area (Å²) in [4.78, 5) is 12.7. The highest BCUT2D eigenvalue weighted by Gasteiger charge is 2.29. The van der Waals surface area contributed by atoms with E-state index in [9.17, 15) is 13.2 Å².